The normalized spacial score (nSPS) is 10.6. The molecule has 0 saturated carbocycles. The minimum Gasteiger partial charge on any atom is -0.233 e. The molecule has 1 aromatic heterocycles. The Morgan fingerprint density at radius 1 is 0.842 bits per heavy atom. The average Bonchev–Trinajstić information content (AvgIpc) is 2.87. The van der Waals surface area contributed by atoms with Crippen LogP contribution in [-0.4, -0.2) is 4.98 Å². The van der Waals surface area contributed by atoms with Crippen molar-refractivity contribution in [3.63, 3.8) is 0 Å². The van der Waals surface area contributed by atoms with Gasteiger partial charge >= 0.3 is 0 Å². The fourth-order valence-corrected chi connectivity index (χ4v) is 3.06. The first-order valence-electron chi connectivity index (χ1n) is 5.70. The molecule has 0 unspecified atom stereocenters. The van der Waals surface area contributed by atoms with Crippen molar-refractivity contribution in [2.45, 2.75) is 0 Å². The predicted molar refractivity (Wildman–Crippen MR) is 85.7 cm³/mol. The Morgan fingerprint density at radius 3 is 1.89 bits per heavy atom. The van der Waals surface area contributed by atoms with E-state index in [9.17, 15) is 0 Å². The summed E-state index contributed by atoms with van der Waals surface area (Å²) in [5.74, 6) is 0. The van der Waals surface area contributed by atoms with Crippen LogP contribution in [0.25, 0.3) is 21.6 Å². The summed E-state index contributed by atoms with van der Waals surface area (Å²) in [5, 5.41) is 0. The summed E-state index contributed by atoms with van der Waals surface area (Å²) in [4.78, 5) is 5.15. The zero-order chi connectivity index (χ0) is 13.2. The summed E-state index contributed by atoms with van der Waals surface area (Å²) < 4.78 is 1.67. The molecule has 0 atom stereocenters. The highest BCUT2D eigenvalue weighted by molar-refractivity contribution is 9.10. The molecule has 4 heteroatoms. The maximum atomic E-state index is 5.86. The second-order valence-electron chi connectivity index (χ2n) is 4.06. The number of aromatic nitrogens is 1. The van der Waals surface area contributed by atoms with Crippen LogP contribution in [0.5, 0.6) is 0 Å². The topological polar surface area (TPSA) is 12.9 Å². The molecule has 0 spiro atoms. The Bertz CT molecular complexity index is 689. The summed E-state index contributed by atoms with van der Waals surface area (Å²) in [6, 6.07) is 16.7. The Hall–Kier alpha value is -1.16. The van der Waals surface area contributed by atoms with Crippen LogP contribution in [-0.2, 0) is 0 Å². The minimum absolute atomic E-state index is 0.576. The van der Waals surface area contributed by atoms with E-state index in [2.05, 4.69) is 57.3 Å². The summed E-state index contributed by atoms with van der Waals surface area (Å²) >= 11 is 10.8. The molecule has 0 aliphatic carbocycles. The second-order valence-corrected chi connectivity index (χ2v) is 6.59. The van der Waals surface area contributed by atoms with E-state index in [-0.39, 0.29) is 0 Å². The number of hydrogen-bond acceptors (Lipinski definition) is 2. The summed E-state index contributed by atoms with van der Waals surface area (Å²) in [7, 11) is 0. The molecule has 2 aromatic carbocycles. The van der Waals surface area contributed by atoms with E-state index in [1.807, 2.05) is 18.3 Å². The quantitative estimate of drug-likeness (QED) is 0.561. The van der Waals surface area contributed by atoms with Gasteiger partial charge in [0.1, 0.15) is 0 Å². The fraction of sp³-hybridized carbons (Fsp3) is 0. The van der Waals surface area contributed by atoms with E-state index < -0.39 is 0 Å². The van der Waals surface area contributed by atoms with E-state index in [4.69, 9.17) is 11.6 Å². The van der Waals surface area contributed by atoms with Crippen molar-refractivity contribution in [3.8, 4) is 21.6 Å². The highest BCUT2D eigenvalue weighted by Gasteiger charge is 2.03. The molecule has 0 amide bonds. The van der Waals surface area contributed by atoms with Gasteiger partial charge in [0.15, 0.2) is 4.47 Å². The zero-order valence-corrected chi connectivity index (χ0v) is 13.0. The Morgan fingerprint density at radius 2 is 1.37 bits per heavy atom. The third-order valence-electron chi connectivity index (χ3n) is 2.82. The van der Waals surface area contributed by atoms with Gasteiger partial charge in [-0.1, -0.05) is 63.9 Å². The van der Waals surface area contributed by atoms with E-state index in [1.165, 1.54) is 22.5 Å². The van der Waals surface area contributed by atoms with Gasteiger partial charge in [0.05, 0.1) is 4.88 Å². The van der Waals surface area contributed by atoms with Gasteiger partial charge in [-0.15, -0.1) is 11.3 Å². The lowest BCUT2D eigenvalue weighted by atomic mass is 10.0. The van der Waals surface area contributed by atoms with Crippen molar-refractivity contribution in [1.82, 2.24) is 4.98 Å². The van der Waals surface area contributed by atoms with E-state index in [0.717, 1.165) is 14.9 Å². The molecular formula is C15H9BrClNS. The molecule has 0 saturated heterocycles. The van der Waals surface area contributed by atoms with Crippen LogP contribution in [0.1, 0.15) is 0 Å². The smallest absolute Gasteiger partial charge is 0.184 e. The monoisotopic (exact) mass is 349 g/mol. The van der Waals surface area contributed by atoms with Crippen LogP contribution >= 0.6 is 38.9 Å². The third-order valence-corrected chi connectivity index (χ3v) is 4.52. The first kappa shape index (κ1) is 12.9. The van der Waals surface area contributed by atoms with Crippen LogP contribution in [0.3, 0.4) is 0 Å². The van der Waals surface area contributed by atoms with Crippen LogP contribution in [0, 0.1) is 0 Å². The standard InChI is InChI=1S/C15H9BrClNS/c16-13-7-5-11(6-8-13)10-1-3-12(4-2-10)14-9-18-15(17)19-14/h1-9H. The minimum atomic E-state index is 0.576. The summed E-state index contributed by atoms with van der Waals surface area (Å²) in [5.41, 5.74) is 3.55. The molecule has 0 radical (unpaired) electrons. The number of thiazole rings is 1. The molecule has 3 rings (SSSR count). The molecule has 0 aliphatic rings. The van der Waals surface area contributed by atoms with Gasteiger partial charge in [-0.25, -0.2) is 4.98 Å². The first-order valence-corrected chi connectivity index (χ1v) is 7.69. The van der Waals surface area contributed by atoms with Crippen molar-refractivity contribution in [1.29, 1.82) is 0 Å². The molecule has 1 nitrogen and oxygen atoms in total. The average molecular weight is 351 g/mol. The van der Waals surface area contributed by atoms with Gasteiger partial charge < -0.3 is 0 Å². The molecule has 0 N–H and O–H groups in total. The Kier molecular flexibility index (Phi) is 3.69. The van der Waals surface area contributed by atoms with E-state index in [0.29, 0.717) is 4.47 Å². The SMILES string of the molecule is Clc1ncc(-c2ccc(-c3ccc(Br)cc3)cc2)s1. The van der Waals surface area contributed by atoms with Gasteiger partial charge in [-0.05, 0) is 28.8 Å². The number of benzene rings is 2. The molecule has 3 aromatic rings. The second kappa shape index (κ2) is 5.45. The van der Waals surface area contributed by atoms with Crippen molar-refractivity contribution < 1.29 is 0 Å². The van der Waals surface area contributed by atoms with Crippen LogP contribution in [0.2, 0.25) is 4.47 Å². The summed E-state index contributed by atoms with van der Waals surface area (Å²) in [6.45, 7) is 0. The van der Waals surface area contributed by atoms with Crippen molar-refractivity contribution in [2.75, 3.05) is 0 Å². The number of hydrogen-bond donors (Lipinski definition) is 0. The largest absolute Gasteiger partial charge is 0.233 e. The van der Waals surface area contributed by atoms with Gasteiger partial charge in [-0.2, -0.15) is 0 Å². The highest BCUT2D eigenvalue weighted by atomic mass is 79.9. The van der Waals surface area contributed by atoms with E-state index >= 15 is 0 Å². The molecule has 1 heterocycles. The number of rotatable bonds is 2. The lowest BCUT2D eigenvalue weighted by Gasteiger charge is -2.03. The van der Waals surface area contributed by atoms with Gasteiger partial charge in [0.2, 0.25) is 0 Å². The van der Waals surface area contributed by atoms with Gasteiger partial charge in [0, 0.05) is 10.7 Å². The van der Waals surface area contributed by atoms with Crippen molar-refractivity contribution >= 4 is 38.9 Å². The highest BCUT2D eigenvalue weighted by Crippen LogP contribution is 2.30. The third kappa shape index (κ3) is 2.89. The lowest BCUT2D eigenvalue weighted by molar-refractivity contribution is 1.42. The van der Waals surface area contributed by atoms with Gasteiger partial charge in [0.25, 0.3) is 0 Å². The van der Waals surface area contributed by atoms with Gasteiger partial charge in [-0.3, -0.25) is 0 Å². The molecule has 94 valence electrons. The van der Waals surface area contributed by atoms with Crippen LogP contribution < -0.4 is 0 Å². The Balaban J connectivity index is 1.92. The van der Waals surface area contributed by atoms with Crippen LogP contribution in [0.15, 0.2) is 59.2 Å². The first-order chi connectivity index (χ1) is 9.22. The summed E-state index contributed by atoms with van der Waals surface area (Å²) in [6.07, 6.45) is 1.81. The Labute approximate surface area is 129 Å². The van der Waals surface area contributed by atoms with E-state index in [1.54, 1.807) is 0 Å². The molecular weight excluding hydrogens is 342 g/mol. The predicted octanol–water partition coefficient (Wildman–Crippen LogP) is 5.89. The van der Waals surface area contributed by atoms with Crippen molar-refractivity contribution in [2.24, 2.45) is 0 Å². The molecule has 0 aliphatic heterocycles. The van der Waals surface area contributed by atoms with Crippen molar-refractivity contribution in [3.05, 3.63) is 63.7 Å². The maximum Gasteiger partial charge on any atom is 0.184 e. The molecule has 19 heavy (non-hydrogen) atoms. The molecule has 0 bridgehead atoms. The molecule has 0 fully saturated rings. The number of nitrogens with zero attached hydrogens (tertiary/aromatic N) is 1. The lowest BCUT2D eigenvalue weighted by Crippen LogP contribution is -1.78. The maximum absolute atomic E-state index is 5.86. The van der Waals surface area contributed by atoms with Crippen LogP contribution in [0.4, 0.5) is 0 Å². The number of halogens is 2. The fourth-order valence-electron chi connectivity index (χ4n) is 1.86. The zero-order valence-electron chi connectivity index (χ0n) is 9.81.